The smallest absolute Gasteiger partial charge is 0.326 e. The van der Waals surface area contributed by atoms with Gasteiger partial charge in [0.15, 0.2) is 0 Å². The van der Waals surface area contributed by atoms with Crippen LogP contribution in [0.25, 0.3) is 0 Å². The van der Waals surface area contributed by atoms with Crippen LogP contribution in [-0.2, 0) is 4.79 Å². The van der Waals surface area contributed by atoms with Crippen molar-refractivity contribution >= 4 is 11.9 Å². The van der Waals surface area contributed by atoms with Crippen molar-refractivity contribution in [3.63, 3.8) is 0 Å². The van der Waals surface area contributed by atoms with Gasteiger partial charge in [-0.3, -0.25) is 4.79 Å². The van der Waals surface area contributed by atoms with Gasteiger partial charge < -0.3 is 14.4 Å². The zero-order valence-electron chi connectivity index (χ0n) is 8.97. The molecule has 2 heterocycles. The first-order valence-corrected chi connectivity index (χ1v) is 5.18. The van der Waals surface area contributed by atoms with Crippen molar-refractivity contribution in [1.29, 1.82) is 0 Å². The maximum absolute atomic E-state index is 12.0. The van der Waals surface area contributed by atoms with Gasteiger partial charge in [-0.15, -0.1) is 0 Å². The SMILES string of the molecule is Cc1cc(C(=O)N2CCCC2C(=O)O)co1. The first-order chi connectivity index (χ1) is 7.59. The van der Waals surface area contributed by atoms with E-state index in [1.54, 1.807) is 13.0 Å². The maximum atomic E-state index is 12.0. The van der Waals surface area contributed by atoms with E-state index in [0.29, 0.717) is 24.3 Å². The van der Waals surface area contributed by atoms with Crippen LogP contribution in [0.5, 0.6) is 0 Å². The highest BCUT2D eigenvalue weighted by Gasteiger charge is 2.34. The zero-order valence-corrected chi connectivity index (χ0v) is 8.97. The van der Waals surface area contributed by atoms with Crippen molar-refractivity contribution < 1.29 is 19.1 Å². The third kappa shape index (κ3) is 1.80. The Balaban J connectivity index is 2.18. The minimum absolute atomic E-state index is 0.262. The first kappa shape index (κ1) is 10.7. The summed E-state index contributed by atoms with van der Waals surface area (Å²) in [5.41, 5.74) is 0.422. The van der Waals surface area contributed by atoms with E-state index in [0.717, 1.165) is 6.42 Å². The molecule has 1 N–H and O–H groups in total. The minimum Gasteiger partial charge on any atom is -0.480 e. The van der Waals surface area contributed by atoms with Gasteiger partial charge in [-0.25, -0.2) is 4.79 Å². The number of amides is 1. The molecule has 86 valence electrons. The van der Waals surface area contributed by atoms with Gasteiger partial charge in [-0.2, -0.15) is 0 Å². The van der Waals surface area contributed by atoms with E-state index in [2.05, 4.69) is 0 Å². The van der Waals surface area contributed by atoms with E-state index in [1.165, 1.54) is 11.2 Å². The molecule has 1 saturated heterocycles. The fourth-order valence-corrected chi connectivity index (χ4v) is 1.99. The molecular formula is C11H13NO4. The molecule has 0 saturated carbocycles. The van der Waals surface area contributed by atoms with Crippen LogP contribution >= 0.6 is 0 Å². The summed E-state index contributed by atoms with van der Waals surface area (Å²) in [6.07, 6.45) is 2.63. The van der Waals surface area contributed by atoms with Crippen molar-refractivity contribution in [3.8, 4) is 0 Å². The van der Waals surface area contributed by atoms with E-state index in [-0.39, 0.29) is 5.91 Å². The largest absolute Gasteiger partial charge is 0.480 e. The van der Waals surface area contributed by atoms with E-state index < -0.39 is 12.0 Å². The first-order valence-electron chi connectivity index (χ1n) is 5.18. The third-order valence-corrected chi connectivity index (χ3v) is 2.78. The number of carbonyl (C=O) groups is 2. The molecule has 1 aromatic heterocycles. The molecule has 0 spiro atoms. The second-order valence-corrected chi connectivity index (χ2v) is 3.94. The highest BCUT2D eigenvalue weighted by atomic mass is 16.4. The van der Waals surface area contributed by atoms with Gasteiger partial charge in [0.1, 0.15) is 18.1 Å². The molecule has 5 nitrogen and oxygen atoms in total. The molecular weight excluding hydrogens is 210 g/mol. The standard InChI is InChI=1S/C11H13NO4/c1-7-5-8(6-16-7)10(13)12-4-2-3-9(12)11(14)15/h5-6,9H,2-4H2,1H3,(H,14,15). The number of rotatable bonds is 2. The fraction of sp³-hybridized carbons (Fsp3) is 0.455. The zero-order chi connectivity index (χ0) is 11.7. The lowest BCUT2D eigenvalue weighted by atomic mass is 10.2. The summed E-state index contributed by atoms with van der Waals surface area (Å²) in [5.74, 6) is -0.553. The van der Waals surface area contributed by atoms with Crippen molar-refractivity contribution in [1.82, 2.24) is 4.90 Å². The minimum atomic E-state index is -0.939. The predicted molar refractivity (Wildman–Crippen MR) is 55.1 cm³/mol. The Morgan fingerprint density at radius 1 is 1.56 bits per heavy atom. The van der Waals surface area contributed by atoms with Gasteiger partial charge in [-0.05, 0) is 25.8 Å². The van der Waals surface area contributed by atoms with Crippen LogP contribution in [0.1, 0.15) is 29.0 Å². The molecule has 5 heteroatoms. The molecule has 2 rings (SSSR count). The number of carboxylic acids is 1. The second kappa shape index (κ2) is 4.00. The molecule has 0 aliphatic carbocycles. The highest BCUT2D eigenvalue weighted by molar-refractivity contribution is 5.96. The summed E-state index contributed by atoms with van der Waals surface area (Å²) < 4.78 is 5.05. The quantitative estimate of drug-likeness (QED) is 0.819. The van der Waals surface area contributed by atoms with E-state index in [9.17, 15) is 9.59 Å². The lowest BCUT2D eigenvalue weighted by Gasteiger charge is -2.20. The van der Waals surface area contributed by atoms with Crippen molar-refractivity contribution in [2.75, 3.05) is 6.54 Å². The summed E-state index contributed by atoms with van der Waals surface area (Å²) in [6, 6.07) is 0.933. The normalized spacial score (nSPS) is 20.1. The Labute approximate surface area is 92.7 Å². The maximum Gasteiger partial charge on any atom is 0.326 e. The lowest BCUT2D eigenvalue weighted by molar-refractivity contribution is -0.141. The average Bonchev–Trinajstić information content (AvgIpc) is 2.84. The van der Waals surface area contributed by atoms with E-state index in [4.69, 9.17) is 9.52 Å². The molecule has 1 aliphatic rings. The summed E-state index contributed by atoms with van der Waals surface area (Å²) in [4.78, 5) is 24.3. The summed E-state index contributed by atoms with van der Waals surface area (Å²) >= 11 is 0. The van der Waals surface area contributed by atoms with E-state index in [1.807, 2.05) is 0 Å². The number of hydrogen-bond donors (Lipinski definition) is 1. The van der Waals surface area contributed by atoms with Crippen LogP contribution in [-0.4, -0.2) is 34.5 Å². The van der Waals surface area contributed by atoms with Crippen LogP contribution in [0.15, 0.2) is 16.7 Å². The number of aryl methyl sites for hydroxylation is 1. The van der Waals surface area contributed by atoms with E-state index >= 15 is 0 Å². The fourth-order valence-electron chi connectivity index (χ4n) is 1.99. The molecule has 1 aromatic rings. The molecule has 1 amide bonds. The Hall–Kier alpha value is -1.78. The Kier molecular flexibility index (Phi) is 2.68. The Morgan fingerprint density at radius 2 is 2.31 bits per heavy atom. The van der Waals surface area contributed by atoms with Gasteiger partial charge in [0.05, 0.1) is 5.56 Å². The van der Waals surface area contributed by atoms with Crippen molar-refractivity contribution in [2.24, 2.45) is 0 Å². The highest BCUT2D eigenvalue weighted by Crippen LogP contribution is 2.21. The monoisotopic (exact) mass is 223 g/mol. The molecule has 0 radical (unpaired) electrons. The second-order valence-electron chi connectivity index (χ2n) is 3.94. The molecule has 0 aromatic carbocycles. The molecule has 1 unspecified atom stereocenters. The molecule has 0 bridgehead atoms. The number of carboxylic acid groups (broad SMARTS) is 1. The van der Waals surface area contributed by atoms with Gasteiger partial charge in [0, 0.05) is 6.54 Å². The van der Waals surface area contributed by atoms with Crippen LogP contribution in [0.3, 0.4) is 0 Å². The van der Waals surface area contributed by atoms with Gasteiger partial charge in [-0.1, -0.05) is 0 Å². The number of nitrogens with zero attached hydrogens (tertiary/aromatic N) is 1. The average molecular weight is 223 g/mol. The summed E-state index contributed by atoms with van der Waals surface area (Å²) in [6.45, 7) is 2.25. The number of hydrogen-bond acceptors (Lipinski definition) is 3. The van der Waals surface area contributed by atoms with Gasteiger partial charge in [0.25, 0.3) is 5.91 Å². The Bertz CT molecular complexity index is 423. The van der Waals surface area contributed by atoms with Gasteiger partial charge in [0.2, 0.25) is 0 Å². The van der Waals surface area contributed by atoms with Crippen LogP contribution in [0, 0.1) is 6.92 Å². The predicted octanol–water partition coefficient (Wildman–Crippen LogP) is 1.28. The van der Waals surface area contributed by atoms with Gasteiger partial charge >= 0.3 is 5.97 Å². The third-order valence-electron chi connectivity index (χ3n) is 2.78. The topological polar surface area (TPSA) is 70.8 Å². The van der Waals surface area contributed by atoms with Crippen molar-refractivity contribution in [2.45, 2.75) is 25.8 Å². The van der Waals surface area contributed by atoms with Crippen LogP contribution in [0.4, 0.5) is 0 Å². The summed E-state index contributed by atoms with van der Waals surface area (Å²) in [5, 5.41) is 8.97. The molecule has 1 fully saturated rings. The molecule has 1 aliphatic heterocycles. The number of carbonyl (C=O) groups excluding carboxylic acids is 1. The summed E-state index contributed by atoms with van der Waals surface area (Å²) in [7, 11) is 0. The number of likely N-dealkylation sites (tertiary alicyclic amines) is 1. The van der Waals surface area contributed by atoms with Crippen LogP contribution < -0.4 is 0 Å². The number of aliphatic carboxylic acids is 1. The number of furan rings is 1. The Morgan fingerprint density at radius 3 is 2.88 bits per heavy atom. The molecule has 16 heavy (non-hydrogen) atoms. The molecule has 1 atom stereocenters. The van der Waals surface area contributed by atoms with Crippen molar-refractivity contribution in [3.05, 3.63) is 23.7 Å². The van der Waals surface area contributed by atoms with Crippen LogP contribution in [0.2, 0.25) is 0 Å². The lowest BCUT2D eigenvalue weighted by Crippen LogP contribution is -2.40.